The molecule has 2 atom stereocenters. The van der Waals surface area contributed by atoms with Crippen LogP contribution >= 0.6 is 11.3 Å². The van der Waals surface area contributed by atoms with Crippen LogP contribution in [-0.4, -0.2) is 53.2 Å². The number of nitrogens with zero attached hydrogens (tertiary/aromatic N) is 3. The molecule has 0 spiro atoms. The Labute approximate surface area is 122 Å². The molecular weight excluding hydrogens is 276 g/mol. The third-order valence-corrected chi connectivity index (χ3v) is 5.11. The van der Waals surface area contributed by atoms with Crippen molar-refractivity contribution >= 4 is 22.4 Å². The molecule has 2 saturated heterocycles. The Bertz CT molecular complexity index is 486. The molecule has 0 aliphatic carbocycles. The largest absolute Gasteiger partial charge is 0.480 e. The Kier molecular flexibility index (Phi) is 3.91. The van der Waals surface area contributed by atoms with Crippen LogP contribution < -0.4 is 10.6 Å². The summed E-state index contributed by atoms with van der Waals surface area (Å²) in [6, 6.07) is -0.394. The Hall–Kier alpha value is -1.18. The van der Waals surface area contributed by atoms with Gasteiger partial charge in [-0.05, 0) is 32.4 Å². The number of carboxylic acid groups (broad SMARTS) is 1. The number of hydrogen-bond donors (Lipinski definition) is 2. The van der Waals surface area contributed by atoms with Gasteiger partial charge in [0, 0.05) is 24.5 Å². The van der Waals surface area contributed by atoms with Crippen LogP contribution in [0.2, 0.25) is 0 Å². The van der Waals surface area contributed by atoms with Crippen molar-refractivity contribution in [3.63, 3.8) is 0 Å². The lowest BCUT2D eigenvalue weighted by molar-refractivity contribution is -0.138. The summed E-state index contributed by atoms with van der Waals surface area (Å²) < 4.78 is 0. The fraction of sp³-hybridized carbons (Fsp3) is 0.692. The number of nitrogens with two attached hydrogens (primary N) is 1. The van der Waals surface area contributed by atoms with E-state index in [4.69, 9.17) is 10.8 Å². The number of carboxylic acids is 1. The highest BCUT2D eigenvalue weighted by Gasteiger charge is 2.31. The van der Waals surface area contributed by atoms with Crippen molar-refractivity contribution in [2.24, 2.45) is 5.73 Å². The summed E-state index contributed by atoms with van der Waals surface area (Å²) in [4.78, 5) is 20.1. The third-order valence-electron chi connectivity index (χ3n) is 4.19. The summed E-state index contributed by atoms with van der Waals surface area (Å²) >= 11 is 1.49. The number of aromatic nitrogens is 1. The van der Waals surface area contributed by atoms with Crippen molar-refractivity contribution in [1.82, 2.24) is 9.88 Å². The molecule has 2 fully saturated rings. The summed E-state index contributed by atoms with van der Waals surface area (Å²) in [6.07, 6.45) is 3.79. The van der Waals surface area contributed by atoms with Gasteiger partial charge in [0.2, 0.25) is 0 Å². The maximum atomic E-state index is 10.9. The van der Waals surface area contributed by atoms with Gasteiger partial charge in [-0.2, -0.15) is 0 Å². The molecule has 3 N–H and O–H groups in total. The zero-order valence-electron chi connectivity index (χ0n) is 11.4. The lowest BCUT2D eigenvalue weighted by Gasteiger charge is -2.23. The van der Waals surface area contributed by atoms with E-state index in [0.717, 1.165) is 18.2 Å². The lowest BCUT2D eigenvalue weighted by Crippen LogP contribution is -2.35. The number of likely N-dealkylation sites (tertiary alicyclic amines) is 1. The van der Waals surface area contributed by atoms with E-state index in [9.17, 15) is 4.79 Å². The van der Waals surface area contributed by atoms with Gasteiger partial charge >= 0.3 is 5.97 Å². The average molecular weight is 296 g/mol. The van der Waals surface area contributed by atoms with Crippen LogP contribution in [-0.2, 0) is 4.79 Å². The normalized spacial score (nSPS) is 25.2. The average Bonchev–Trinajstić information content (AvgIpc) is 3.16. The van der Waals surface area contributed by atoms with Crippen molar-refractivity contribution in [2.75, 3.05) is 31.1 Å². The summed E-state index contributed by atoms with van der Waals surface area (Å²) in [7, 11) is 0. The van der Waals surface area contributed by atoms with Gasteiger partial charge in [0.05, 0.1) is 5.69 Å². The second kappa shape index (κ2) is 5.67. The zero-order valence-corrected chi connectivity index (χ0v) is 12.2. The Balaban J connectivity index is 1.64. The van der Waals surface area contributed by atoms with Crippen molar-refractivity contribution < 1.29 is 9.90 Å². The molecule has 6 nitrogen and oxygen atoms in total. The number of hydrogen-bond acceptors (Lipinski definition) is 6. The second-order valence-electron chi connectivity index (χ2n) is 5.50. The van der Waals surface area contributed by atoms with Crippen molar-refractivity contribution in [3.05, 3.63) is 11.1 Å². The Morgan fingerprint density at radius 3 is 2.90 bits per heavy atom. The predicted octanol–water partition coefficient (Wildman–Crippen LogP) is 0.902. The van der Waals surface area contributed by atoms with E-state index in [0.29, 0.717) is 11.7 Å². The summed E-state index contributed by atoms with van der Waals surface area (Å²) in [5, 5.41) is 11.6. The first-order valence-electron chi connectivity index (χ1n) is 7.08. The van der Waals surface area contributed by atoms with E-state index in [1.165, 1.54) is 43.7 Å². The fourth-order valence-corrected chi connectivity index (χ4v) is 3.91. The molecule has 3 heterocycles. The highest BCUT2D eigenvalue weighted by atomic mass is 32.1. The molecule has 20 heavy (non-hydrogen) atoms. The molecule has 2 aliphatic heterocycles. The fourth-order valence-electron chi connectivity index (χ4n) is 3.01. The van der Waals surface area contributed by atoms with E-state index >= 15 is 0 Å². The molecule has 2 aliphatic rings. The van der Waals surface area contributed by atoms with Gasteiger partial charge in [0.1, 0.15) is 6.04 Å². The third kappa shape index (κ3) is 2.65. The quantitative estimate of drug-likeness (QED) is 0.859. The Morgan fingerprint density at radius 1 is 1.45 bits per heavy atom. The standard InChI is InChI=1S/C13H20N4O2S/c14-11(12(18)19)10-8-20-13(15-10)17-6-3-9(7-17)16-4-1-2-5-16/h8-9,11H,1-7,14H2,(H,18,19). The maximum Gasteiger partial charge on any atom is 0.326 e. The lowest BCUT2D eigenvalue weighted by atomic mass is 10.2. The van der Waals surface area contributed by atoms with E-state index in [2.05, 4.69) is 14.8 Å². The minimum Gasteiger partial charge on any atom is -0.480 e. The van der Waals surface area contributed by atoms with Crippen molar-refractivity contribution in [3.8, 4) is 0 Å². The minimum atomic E-state index is -1.03. The van der Waals surface area contributed by atoms with E-state index in [1.54, 1.807) is 5.38 Å². The van der Waals surface area contributed by atoms with Crippen LogP contribution in [0.1, 0.15) is 31.0 Å². The van der Waals surface area contributed by atoms with Crippen LogP contribution in [0.15, 0.2) is 5.38 Å². The molecule has 7 heteroatoms. The number of rotatable bonds is 4. The number of aliphatic carboxylic acids is 1. The monoisotopic (exact) mass is 296 g/mol. The van der Waals surface area contributed by atoms with Crippen LogP contribution in [0.4, 0.5) is 5.13 Å². The van der Waals surface area contributed by atoms with Crippen LogP contribution in [0.25, 0.3) is 0 Å². The van der Waals surface area contributed by atoms with Gasteiger partial charge < -0.3 is 15.7 Å². The highest BCUT2D eigenvalue weighted by molar-refractivity contribution is 7.13. The molecule has 2 unspecified atom stereocenters. The van der Waals surface area contributed by atoms with Gasteiger partial charge in [-0.1, -0.05) is 0 Å². The number of anilines is 1. The van der Waals surface area contributed by atoms with Gasteiger partial charge in [-0.15, -0.1) is 11.3 Å². The van der Waals surface area contributed by atoms with E-state index < -0.39 is 12.0 Å². The first-order chi connectivity index (χ1) is 9.65. The molecule has 0 amide bonds. The Morgan fingerprint density at radius 2 is 2.20 bits per heavy atom. The molecule has 0 radical (unpaired) electrons. The summed E-state index contributed by atoms with van der Waals surface area (Å²) in [6.45, 7) is 4.42. The first kappa shape index (κ1) is 13.8. The molecule has 3 rings (SSSR count). The molecule has 0 aromatic carbocycles. The highest BCUT2D eigenvalue weighted by Crippen LogP contribution is 2.29. The van der Waals surface area contributed by atoms with Crippen LogP contribution in [0, 0.1) is 0 Å². The van der Waals surface area contributed by atoms with Gasteiger partial charge in [0.15, 0.2) is 5.13 Å². The van der Waals surface area contributed by atoms with E-state index in [1.807, 2.05) is 0 Å². The molecule has 1 aromatic heterocycles. The molecule has 0 saturated carbocycles. The SMILES string of the molecule is NC(C(=O)O)c1csc(N2CCC(N3CCCC3)C2)n1. The predicted molar refractivity (Wildman–Crippen MR) is 78.1 cm³/mol. The van der Waals surface area contributed by atoms with Crippen LogP contribution in [0.3, 0.4) is 0 Å². The maximum absolute atomic E-state index is 10.9. The first-order valence-corrected chi connectivity index (χ1v) is 7.96. The smallest absolute Gasteiger partial charge is 0.326 e. The number of thiazole rings is 1. The van der Waals surface area contributed by atoms with Gasteiger partial charge in [0.25, 0.3) is 0 Å². The molecule has 110 valence electrons. The topological polar surface area (TPSA) is 82.7 Å². The van der Waals surface area contributed by atoms with Crippen molar-refractivity contribution in [1.29, 1.82) is 0 Å². The van der Waals surface area contributed by atoms with Gasteiger partial charge in [-0.3, -0.25) is 9.69 Å². The van der Waals surface area contributed by atoms with Crippen molar-refractivity contribution in [2.45, 2.75) is 31.3 Å². The number of carbonyl (C=O) groups is 1. The zero-order chi connectivity index (χ0) is 14.1. The molecular formula is C13H20N4O2S. The minimum absolute atomic E-state index is 0.460. The van der Waals surface area contributed by atoms with E-state index in [-0.39, 0.29) is 0 Å². The van der Waals surface area contributed by atoms with Gasteiger partial charge in [-0.25, -0.2) is 4.98 Å². The molecule has 0 bridgehead atoms. The second-order valence-corrected chi connectivity index (χ2v) is 6.34. The summed E-state index contributed by atoms with van der Waals surface area (Å²) in [5.74, 6) is -1.03. The summed E-state index contributed by atoms with van der Waals surface area (Å²) in [5.41, 5.74) is 6.05. The molecule has 1 aromatic rings. The van der Waals surface area contributed by atoms with Crippen LogP contribution in [0.5, 0.6) is 0 Å².